The molecule has 1 aromatic rings. The zero-order chi connectivity index (χ0) is 15.4. The molecule has 2 aliphatic rings. The largest absolute Gasteiger partial charge is 0.338 e. The van der Waals surface area contributed by atoms with E-state index in [-0.39, 0.29) is 11.7 Å². The van der Waals surface area contributed by atoms with Gasteiger partial charge in [-0.1, -0.05) is 12.1 Å². The molecule has 22 heavy (non-hydrogen) atoms. The average molecular weight is 304 g/mol. The maximum atomic E-state index is 13.0. The van der Waals surface area contributed by atoms with Gasteiger partial charge in [-0.15, -0.1) is 0 Å². The molecule has 3 nitrogen and oxygen atoms in total. The molecule has 1 unspecified atom stereocenters. The Labute approximate surface area is 132 Å². The van der Waals surface area contributed by atoms with E-state index in [9.17, 15) is 9.18 Å². The van der Waals surface area contributed by atoms with Gasteiger partial charge in [-0.3, -0.25) is 4.79 Å². The van der Waals surface area contributed by atoms with Crippen molar-refractivity contribution in [1.29, 1.82) is 0 Å². The van der Waals surface area contributed by atoms with Gasteiger partial charge in [0.2, 0.25) is 5.91 Å². The van der Waals surface area contributed by atoms with Crippen LogP contribution in [0.5, 0.6) is 0 Å². The number of carbonyl (C=O) groups excluding carboxylic acids is 1. The van der Waals surface area contributed by atoms with Gasteiger partial charge < -0.3 is 9.80 Å². The second-order valence-electron chi connectivity index (χ2n) is 6.55. The Morgan fingerprint density at radius 3 is 2.45 bits per heavy atom. The molecule has 2 heterocycles. The molecule has 1 aromatic carbocycles. The molecule has 0 saturated carbocycles. The third kappa shape index (κ3) is 3.86. The van der Waals surface area contributed by atoms with Crippen molar-refractivity contribution in [3.05, 3.63) is 35.6 Å². The fourth-order valence-electron chi connectivity index (χ4n) is 3.66. The highest BCUT2D eigenvalue weighted by Crippen LogP contribution is 2.21. The standard InChI is InChI=1S/C18H25FN2O/c19-16-8-6-15(7-9-16)13-18(22)21-12-2-1-5-17(21)14-20-10-3-4-11-20/h6-9,17H,1-5,10-14H2. The van der Waals surface area contributed by atoms with Crippen molar-refractivity contribution in [3.8, 4) is 0 Å². The fraction of sp³-hybridized carbons (Fsp3) is 0.611. The third-order valence-corrected chi connectivity index (χ3v) is 4.88. The smallest absolute Gasteiger partial charge is 0.227 e. The maximum absolute atomic E-state index is 13.0. The van der Waals surface area contributed by atoms with Crippen LogP contribution in [-0.2, 0) is 11.2 Å². The van der Waals surface area contributed by atoms with Gasteiger partial charge in [0.15, 0.2) is 0 Å². The molecular formula is C18H25FN2O. The summed E-state index contributed by atoms with van der Waals surface area (Å²) in [5.74, 6) is -0.0587. The number of nitrogens with zero attached hydrogens (tertiary/aromatic N) is 2. The molecule has 3 rings (SSSR count). The fourth-order valence-corrected chi connectivity index (χ4v) is 3.66. The van der Waals surface area contributed by atoms with E-state index in [1.165, 1.54) is 44.5 Å². The number of carbonyl (C=O) groups is 1. The summed E-state index contributed by atoms with van der Waals surface area (Å²) >= 11 is 0. The van der Waals surface area contributed by atoms with Gasteiger partial charge in [0.05, 0.1) is 6.42 Å². The van der Waals surface area contributed by atoms with E-state index < -0.39 is 0 Å². The summed E-state index contributed by atoms with van der Waals surface area (Å²) < 4.78 is 13.0. The minimum Gasteiger partial charge on any atom is -0.338 e. The van der Waals surface area contributed by atoms with Crippen molar-refractivity contribution < 1.29 is 9.18 Å². The molecule has 0 radical (unpaired) electrons. The second kappa shape index (κ2) is 7.23. The van der Waals surface area contributed by atoms with E-state index in [0.29, 0.717) is 12.5 Å². The molecule has 1 amide bonds. The van der Waals surface area contributed by atoms with Gasteiger partial charge in [-0.05, 0) is 62.9 Å². The lowest BCUT2D eigenvalue weighted by atomic mass is 10.00. The first-order valence-electron chi connectivity index (χ1n) is 8.48. The minimum atomic E-state index is -0.249. The van der Waals surface area contributed by atoms with Gasteiger partial charge >= 0.3 is 0 Å². The SMILES string of the molecule is O=C(Cc1ccc(F)cc1)N1CCCCC1CN1CCCC1. The summed E-state index contributed by atoms with van der Waals surface area (Å²) in [6.45, 7) is 4.25. The monoisotopic (exact) mass is 304 g/mol. The van der Waals surface area contributed by atoms with Gasteiger partial charge in [0.1, 0.15) is 5.82 Å². The lowest BCUT2D eigenvalue weighted by Crippen LogP contribution is -2.49. The lowest BCUT2D eigenvalue weighted by molar-refractivity contribution is -0.134. The molecule has 0 aromatic heterocycles. The first-order valence-corrected chi connectivity index (χ1v) is 8.48. The zero-order valence-electron chi connectivity index (χ0n) is 13.1. The number of piperidine rings is 1. The van der Waals surface area contributed by atoms with E-state index in [0.717, 1.165) is 31.5 Å². The van der Waals surface area contributed by atoms with Crippen LogP contribution >= 0.6 is 0 Å². The molecule has 0 spiro atoms. The highest BCUT2D eigenvalue weighted by molar-refractivity contribution is 5.79. The van der Waals surface area contributed by atoms with E-state index in [1.54, 1.807) is 12.1 Å². The quantitative estimate of drug-likeness (QED) is 0.854. The molecular weight excluding hydrogens is 279 g/mol. The van der Waals surface area contributed by atoms with Crippen LogP contribution in [0.15, 0.2) is 24.3 Å². The van der Waals surface area contributed by atoms with Crippen molar-refractivity contribution in [1.82, 2.24) is 9.80 Å². The Morgan fingerprint density at radius 2 is 1.73 bits per heavy atom. The summed E-state index contributed by atoms with van der Waals surface area (Å²) in [6.07, 6.45) is 6.40. The highest BCUT2D eigenvalue weighted by Gasteiger charge is 2.28. The van der Waals surface area contributed by atoms with Crippen LogP contribution in [0.1, 0.15) is 37.7 Å². The van der Waals surface area contributed by atoms with Crippen LogP contribution in [0.4, 0.5) is 4.39 Å². The molecule has 2 fully saturated rings. The molecule has 2 aliphatic heterocycles. The summed E-state index contributed by atoms with van der Waals surface area (Å²) in [5.41, 5.74) is 0.900. The van der Waals surface area contributed by atoms with Crippen LogP contribution in [0, 0.1) is 5.82 Å². The highest BCUT2D eigenvalue weighted by atomic mass is 19.1. The van der Waals surface area contributed by atoms with Gasteiger partial charge in [-0.25, -0.2) is 4.39 Å². The van der Waals surface area contributed by atoms with Crippen molar-refractivity contribution in [2.75, 3.05) is 26.2 Å². The van der Waals surface area contributed by atoms with Crippen LogP contribution in [0.2, 0.25) is 0 Å². The molecule has 0 N–H and O–H groups in total. The molecule has 2 saturated heterocycles. The van der Waals surface area contributed by atoms with Gasteiger partial charge in [0, 0.05) is 19.1 Å². The number of likely N-dealkylation sites (tertiary alicyclic amines) is 2. The van der Waals surface area contributed by atoms with Crippen LogP contribution in [0.25, 0.3) is 0 Å². The van der Waals surface area contributed by atoms with Crippen molar-refractivity contribution >= 4 is 5.91 Å². The molecule has 1 atom stereocenters. The molecule has 0 bridgehead atoms. The molecule has 0 aliphatic carbocycles. The van der Waals surface area contributed by atoms with Crippen molar-refractivity contribution in [2.24, 2.45) is 0 Å². The molecule has 4 heteroatoms. The first kappa shape index (κ1) is 15.5. The summed E-state index contributed by atoms with van der Waals surface area (Å²) in [4.78, 5) is 17.2. The second-order valence-corrected chi connectivity index (χ2v) is 6.55. The third-order valence-electron chi connectivity index (χ3n) is 4.88. The van der Waals surface area contributed by atoms with Crippen molar-refractivity contribution in [2.45, 2.75) is 44.6 Å². The number of rotatable bonds is 4. The van der Waals surface area contributed by atoms with Gasteiger partial charge in [0.25, 0.3) is 0 Å². The summed E-state index contributed by atoms with van der Waals surface area (Å²) in [6, 6.07) is 6.65. The Hall–Kier alpha value is -1.42. The number of benzene rings is 1. The van der Waals surface area contributed by atoms with Crippen LogP contribution in [0.3, 0.4) is 0 Å². The van der Waals surface area contributed by atoms with E-state index >= 15 is 0 Å². The average Bonchev–Trinajstić information content (AvgIpc) is 3.03. The number of halogens is 1. The van der Waals surface area contributed by atoms with E-state index in [1.807, 2.05) is 0 Å². The number of hydrogen-bond donors (Lipinski definition) is 0. The number of amides is 1. The van der Waals surface area contributed by atoms with Crippen molar-refractivity contribution in [3.63, 3.8) is 0 Å². The predicted octanol–water partition coefficient (Wildman–Crippen LogP) is 2.85. The Balaban J connectivity index is 1.61. The van der Waals surface area contributed by atoms with Crippen LogP contribution < -0.4 is 0 Å². The first-order chi connectivity index (χ1) is 10.7. The Morgan fingerprint density at radius 1 is 1.05 bits per heavy atom. The van der Waals surface area contributed by atoms with E-state index in [2.05, 4.69) is 9.80 Å². The molecule has 120 valence electrons. The van der Waals surface area contributed by atoms with Crippen LogP contribution in [-0.4, -0.2) is 47.9 Å². The number of hydrogen-bond acceptors (Lipinski definition) is 2. The summed E-state index contributed by atoms with van der Waals surface area (Å²) in [5, 5.41) is 0. The Kier molecular flexibility index (Phi) is 5.08. The maximum Gasteiger partial charge on any atom is 0.227 e. The zero-order valence-corrected chi connectivity index (χ0v) is 13.1. The van der Waals surface area contributed by atoms with Gasteiger partial charge in [-0.2, -0.15) is 0 Å². The Bertz CT molecular complexity index is 496. The summed E-state index contributed by atoms with van der Waals surface area (Å²) in [7, 11) is 0. The normalized spacial score (nSPS) is 23.0. The predicted molar refractivity (Wildman–Crippen MR) is 85.1 cm³/mol. The minimum absolute atomic E-state index is 0.190. The topological polar surface area (TPSA) is 23.6 Å². The van der Waals surface area contributed by atoms with E-state index in [4.69, 9.17) is 0 Å². The lowest BCUT2D eigenvalue weighted by Gasteiger charge is -2.38.